The Balaban J connectivity index is 1.78. The Morgan fingerprint density at radius 3 is 2.39 bits per heavy atom. The van der Waals surface area contributed by atoms with Gasteiger partial charge in [0, 0.05) is 27.6 Å². The van der Waals surface area contributed by atoms with Crippen LogP contribution in [-0.4, -0.2) is 7.11 Å². The fourth-order valence-electron chi connectivity index (χ4n) is 2.92. The van der Waals surface area contributed by atoms with Crippen LogP contribution in [0.4, 0.5) is 0 Å². The molecule has 146 valence electrons. The highest BCUT2D eigenvalue weighted by Crippen LogP contribution is 2.37. The van der Waals surface area contributed by atoms with Gasteiger partial charge < -0.3 is 14.8 Å². The number of rotatable bonds is 8. The van der Waals surface area contributed by atoms with Gasteiger partial charge in [-0.05, 0) is 42.3 Å². The van der Waals surface area contributed by atoms with Gasteiger partial charge in [-0.15, -0.1) is 0 Å². The summed E-state index contributed by atoms with van der Waals surface area (Å²) in [6.45, 7) is 3.23. The first-order valence-corrected chi connectivity index (χ1v) is 10.3. The summed E-state index contributed by atoms with van der Waals surface area (Å²) < 4.78 is 12.7. The molecule has 0 aromatic heterocycles. The molecule has 1 N–H and O–H groups in total. The summed E-state index contributed by atoms with van der Waals surface area (Å²) in [6.07, 6.45) is 0. The van der Waals surface area contributed by atoms with Crippen molar-refractivity contribution in [3.05, 3.63) is 92.9 Å². The number of ether oxygens (including phenoxy) is 2. The normalized spacial score (nSPS) is 11.9. The first-order chi connectivity index (χ1) is 13.6. The molecule has 0 radical (unpaired) electrons. The van der Waals surface area contributed by atoms with Crippen molar-refractivity contribution in [2.45, 2.75) is 26.1 Å². The molecule has 0 bridgehead atoms. The highest BCUT2D eigenvalue weighted by molar-refractivity contribution is 9.10. The average molecular weight is 461 g/mol. The predicted octanol–water partition coefficient (Wildman–Crippen LogP) is 6.54. The second-order valence-corrected chi connectivity index (χ2v) is 7.78. The van der Waals surface area contributed by atoms with E-state index in [9.17, 15) is 0 Å². The Labute approximate surface area is 179 Å². The highest BCUT2D eigenvalue weighted by atomic mass is 79.9. The molecule has 1 atom stereocenters. The van der Waals surface area contributed by atoms with E-state index in [4.69, 9.17) is 21.1 Å². The maximum atomic E-state index is 6.17. The maximum absolute atomic E-state index is 6.17. The third-order valence-corrected chi connectivity index (χ3v) is 5.56. The lowest BCUT2D eigenvalue weighted by Gasteiger charge is -2.19. The van der Waals surface area contributed by atoms with Crippen LogP contribution in [-0.2, 0) is 13.2 Å². The van der Waals surface area contributed by atoms with Crippen molar-refractivity contribution in [3.63, 3.8) is 0 Å². The lowest BCUT2D eigenvalue weighted by molar-refractivity contribution is 0.280. The molecule has 3 aromatic carbocycles. The van der Waals surface area contributed by atoms with E-state index in [-0.39, 0.29) is 6.04 Å². The van der Waals surface area contributed by atoms with Crippen LogP contribution < -0.4 is 14.8 Å². The minimum Gasteiger partial charge on any atom is -0.493 e. The molecule has 0 amide bonds. The molecule has 3 rings (SSSR count). The first-order valence-electron chi connectivity index (χ1n) is 9.09. The van der Waals surface area contributed by atoms with Crippen molar-refractivity contribution in [3.8, 4) is 11.5 Å². The van der Waals surface area contributed by atoms with Crippen LogP contribution in [0.25, 0.3) is 0 Å². The molecular weight excluding hydrogens is 438 g/mol. The van der Waals surface area contributed by atoms with Crippen LogP contribution in [0, 0.1) is 0 Å². The molecule has 0 saturated carbocycles. The summed E-state index contributed by atoms with van der Waals surface area (Å²) in [6, 6.07) is 22.1. The fourth-order valence-corrected chi connectivity index (χ4v) is 3.50. The van der Waals surface area contributed by atoms with E-state index in [0.29, 0.717) is 23.9 Å². The van der Waals surface area contributed by atoms with E-state index in [1.165, 1.54) is 5.56 Å². The Morgan fingerprint density at radius 1 is 1.00 bits per heavy atom. The first kappa shape index (κ1) is 20.7. The second kappa shape index (κ2) is 9.97. The van der Waals surface area contributed by atoms with Gasteiger partial charge in [-0.2, -0.15) is 0 Å². The predicted molar refractivity (Wildman–Crippen MR) is 118 cm³/mol. The molecular formula is C23H23BrClNO2. The quantitative estimate of drug-likeness (QED) is 0.414. The summed E-state index contributed by atoms with van der Waals surface area (Å²) in [5.74, 6) is 1.45. The van der Waals surface area contributed by atoms with E-state index in [0.717, 1.165) is 21.3 Å². The Hall–Kier alpha value is -2.01. The van der Waals surface area contributed by atoms with Gasteiger partial charge in [-0.3, -0.25) is 0 Å². The molecule has 0 fully saturated rings. The van der Waals surface area contributed by atoms with Crippen molar-refractivity contribution >= 4 is 27.5 Å². The fraction of sp³-hybridized carbons (Fsp3) is 0.217. The number of benzene rings is 3. The molecule has 3 aromatic rings. The van der Waals surface area contributed by atoms with Gasteiger partial charge in [-0.1, -0.05) is 70.0 Å². The van der Waals surface area contributed by atoms with Crippen LogP contribution in [0.1, 0.15) is 29.7 Å². The lowest BCUT2D eigenvalue weighted by Crippen LogP contribution is -2.19. The molecule has 5 heteroatoms. The minimum atomic E-state index is 0.211. The zero-order chi connectivity index (χ0) is 19.9. The van der Waals surface area contributed by atoms with Gasteiger partial charge in [-0.25, -0.2) is 0 Å². The van der Waals surface area contributed by atoms with Gasteiger partial charge in [0.05, 0.1) is 7.11 Å². The van der Waals surface area contributed by atoms with Gasteiger partial charge >= 0.3 is 0 Å². The molecule has 1 unspecified atom stereocenters. The van der Waals surface area contributed by atoms with Crippen molar-refractivity contribution in [2.24, 2.45) is 0 Å². The van der Waals surface area contributed by atoms with Crippen molar-refractivity contribution < 1.29 is 9.47 Å². The highest BCUT2D eigenvalue weighted by Gasteiger charge is 2.16. The van der Waals surface area contributed by atoms with E-state index >= 15 is 0 Å². The second-order valence-electron chi connectivity index (χ2n) is 6.49. The van der Waals surface area contributed by atoms with E-state index in [1.54, 1.807) is 7.11 Å². The van der Waals surface area contributed by atoms with Crippen LogP contribution in [0.2, 0.25) is 5.02 Å². The van der Waals surface area contributed by atoms with Crippen molar-refractivity contribution in [1.82, 2.24) is 5.32 Å². The third-order valence-electron chi connectivity index (χ3n) is 4.57. The molecule has 28 heavy (non-hydrogen) atoms. The molecule has 0 spiro atoms. The lowest BCUT2D eigenvalue weighted by atomic mass is 10.1. The van der Waals surface area contributed by atoms with Crippen LogP contribution in [0.15, 0.2) is 71.2 Å². The Kier molecular flexibility index (Phi) is 7.37. The summed E-state index contributed by atoms with van der Waals surface area (Å²) in [7, 11) is 1.65. The van der Waals surface area contributed by atoms with Crippen LogP contribution >= 0.6 is 27.5 Å². The third kappa shape index (κ3) is 5.28. The molecule has 0 aliphatic heterocycles. The number of nitrogens with one attached hydrogen (secondary N) is 1. The van der Waals surface area contributed by atoms with E-state index < -0.39 is 0 Å². The summed E-state index contributed by atoms with van der Waals surface area (Å²) >= 11 is 9.63. The SMILES string of the molecule is COc1ccc(Br)c(CNC(C)c2ccccc2)c1OCc1ccc(Cl)cc1. The standard InChI is InChI=1S/C23H23BrClNO2/c1-16(18-6-4-3-5-7-18)26-14-20-21(24)12-13-22(27-2)23(20)28-15-17-8-10-19(25)11-9-17/h3-13,16,26H,14-15H2,1-2H3. The monoisotopic (exact) mass is 459 g/mol. The van der Waals surface area contributed by atoms with E-state index in [2.05, 4.69) is 52.4 Å². The van der Waals surface area contributed by atoms with Crippen molar-refractivity contribution in [1.29, 1.82) is 0 Å². The van der Waals surface area contributed by atoms with Gasteiger partial charge in [0.25, 0.3) is 0 Å². The van der Waals surface area contributed by atoms with Crippen LogP contribution in [0.3, 0.4) is 0 Å². The number of methoxy groups -OCH3 is 1. The Morgan fingerprint density at radius 2 is 1.71 bits per heavy atom. The Bertz CT molecular complexity index is 900. The zero-order valence-electron chi connectivity index (χ0n) is 15.9. The average Bonchev–Trinajstić information content (AvgIpc) is 2.73. The minimum absolute atomic E-state index is 0.211. The zero-order valence-corrected chi connectivity index (χ0v) is 18.3. The molecule has 0 heterocycles. The van der Waals surface area contributed by atoms with Gasteiger partial charge in [0.15, 0.2) is 11.5 Å². The number of hydrogen-bond donors (Lipinski definition) is 1. The van der Waals surface area contributed by atoms with Crippen LogP contribution in [0.5, 0.6) is 11.5 Å². The van der Waals surface area contributed by atoms with Crippen molar-refractivity contribution in [2.75, 3.05) is 7.11 Å². The van der Waals surface area contributed by atoms with Gasteiger partial charge in [0.2, 0.25) is 0 Å². The maximum Gasteiger partial charge on any atom is 0.167 e. The van der Waals surface area contributed by atoms with Gasteiger partial charge in [0.1, 0.15) is 6.61 Å². The molecule has 0 aliphatic carbocycles. The molecule has 0 aliphatic rings. The summed E-state index contributed by atoms with van der Waals surface area (Å²) in [5.41, 5.74) is 3.31. The van der Waals surface area contributed by atoms with E-state index in [1.807, 2.05) is 42.5 Å². The number of hydrogen-bond acceptors (Lipinski definition) is 3. The largest absolute Gasteiger partial charge is 0.493 e. The summed E-state index contributed by atoms with van der Waals surface area (Å²) in [4.78, 5) is 0. The molecule has 0 saturated heterocycles. The summed E-state index contributed by atoms with van der Waals surface area (Å²) in [5, 5.41) is 4.28. The smallest absolute Gasteiger partial charge is 0.167 e. The topological polar surface area (TPSA) is 30.5 Å². The molecule has 3 nitrogen and oxygen atoms in total. The number of halogens is 2.